The van der Waals surface area contributed by atoms with Gasteiger partial charge in [-0.3, -0.25) is 14.5 Å². The van der Waals surface area contributed by atoms with Crippen molar-refractivity contribution in [2.24, 2.45) is 23.7 Å². The smallest absolute Gasteiger partial charge is 0.233 e. The van der Waals surface area contributed by atoms with Gasteiger partial charge in [-0.1, -0.05) is 12.2 Å². The van der Waals surface area contributed by atoms with Crippen molar-refractivity contribution >= 4 is 11.8 Å². The summed E-state index contributed by atoms with van der Waals surface area (Å²) in [4.78, 5) is 25.5. The number of allylic oxidation sites excluding steroid dienone is 2. The fraction of sp³-hybridized carbons (Fsp3) is 0.667. The maximum absolute atomic E-state index is 12.0. The number of nitrogens with zero attached hydrogens (tertiary/aromatic N) is 1. The highest BCUT2D eigenvalue weighted by Crippen LogP contribution is 2.49. The average molecular weight is 205 g/mol. The Bertz CT molecular complexity index is 329. The van der Waals surface area contributed by atoms with Crippen molar-refractivity contribution in [1.82, 2.24) is 4.90 Å². The van der Waals surface area contributed by atoms with Crippen LogP contribution in [-0.2, 0) is 9.59 Å². The lowest BCUT2D eigenvalue weighted by molar-refractivity contribution is -0.139. The SMILES string of the molecule is CCN1C(=O)[C@@H]2C3C=CC(CC3)[C@@H]2C1=O. The zero-order valence-electron chi connectivity index (χ0n) is 8.85. The topological polar surface area (TPSA) is 37.4 Å². The van der Waals surface area contributed by atoms with Gasteiger partial charge in [0.1, 0.15) is 0 Å². The van der Waals surface area contributed by atoms with Gasteiger partial charge in [0.25, 0.3) is 0 Å². The van der Waals surface area contributed by atoms with E-state index in [4.69, 9.17) is 0 Å². The largest absolute Gasteiger partial charge is 0.282 e. The first-order chi connectivity index (χ1) is 7.24. The summed E-state index contributed by atoms with van der Waals surface area (Å²) in [5.41, 5.74) is 0. The molecule has 2 unspecified atom stereocenters. The van der Waals surface area contributed by atoms with Crippen molar-refractivity contribution in [1.29, 1.82) is 0 Å². The molecule has 0 aromatic heterocycles. The molecule has 2 bridgehead atoms. The monoisotopic (exact) mass is 205 g/mol. The second-order valence-electron chi connectivity index (χ2n) is 4.76. The number of amides is 2. The van der Waals surface area contributed by atoms with Crippen LogP contribution in [0, 0.1) is 23.7 Å². The molecule has 0 spiro atoms. The van der Waals surface area contributed by atoms with Crippen LogP contribution in [-0.4, -0.2) is 23.3 Å². The van der Waals surface area contributed by atoms with Crippen molar-refractivity contribution in [2.45, 2.75) is 19.8 Å². The lowest BCUT2D eigenvalue weighted by Gasteiger charge is -2.38. The predicted molar refractivity (Wildman–Crippen MR) is 54.7 cm³/mol. The molecule has 4 rings (SSSR count). The molecule has 3 heteroatoms. The summed E-state index contributed by atoms with van der Waals surface area (Å²) in [5, 5.41) is 0. The summed E-state index contributed by atoms with van der Waals surface area (Å²) < 4.78 is 0. The van der Waals surface area contributed by atoms with E-state index in [1.807, 2.05) is 6.92 Å². The summed E-state index contributed by atoms with van der Waals surface area (Å²) >= 11 is 0. The number of hydrogen-bond donors (Lipinski definition) is 0. The molecule has 15 heavy (non-hydrogen) atoms. The quantitative estimate of drug-likeness (QED) is 0.476. The molecule has 1 saturated carbocycles. The minimum absolute atomic E-state index is 0.0267. The number of carbonyl (C=O) groups excluding carboxylic acids is 2. The number of imide groups is 1. The van der Waals surface area contributed by atoms with Gasteiger partial charge in [-0.2, -0.15) is 0 Å². The fourth-order valence-corrected chi connectivity index (χ4v) is 3.45. The molecular weight excluding hydrogens is 190 g/mol. The zero-order valence-corrected chi connectivity index (χ0v) is 8.85. The molecule has 0 aromatic carbocycles. The lowest BCUT2D eigenvalue weighted by Crippen LogP contribution is -2.38. The number of hydrogen-bond acceptors (Lipinski definition) is 2. The van der Waals surface area contributed by atoms with Gasteiger partial charge < -0.3 is 0 Å². The van der Waals surface area contributed by atoms with Crippen LogP contribution in [0.4, 0.5) is 0 Å². The van der Waals surface area contributed by atoms with Crippen LogP contribution < -0.4 is 0 Å². The van der Waals surface area contributed by atoms with Gasteiger partial charge in [0.05, 0.1) is 11.8 Å². The van der Waals surface area contributed by atoms with Gasteiger partial charge in [-0.15, -0.1) is 0 Å². The van der Waals surface area contributed by atoms with E-state index in [0.29, 0.717) is 18.4 Å². The van der Waals surface area contributed by atoms with Crippen LogP contribution in [0.25, 0.3) is 0 Å². The minimum Gasteiger partial charge on any atom is -0.282 e. The normalized spacial score (nSPS) is 42.6. The molecule has 0 radical (unpaired) electrons. The number of carbonyl (C=O) groups is 2. The van der Waals surface area contributed by atoms with Crippen molar-refractivity contribution in [3.63, 3.8) is 0 Å². The molecule has 2 fully saturated rings. The molecule has 2 amide bonds. The van der Waals surface area contributed by atoms with E-state index in [1.165, 1.54) is 4.90 Å². The number of likely N-dealkylation sites (tertiary alicyclic amines) is 1. The molecule has 80 valence electrons. The molecule has 4 aliphatic rings. The Morgan fingerprint density at radius 1 is 1.13 bits per heavy atom. The van der Waals surface area contributed by atoms with E-state index in [1.54, 1.807) is 0 Å². The summed E-state index contributed by atoms with van der Waals surface area (Å²) in [6, 6.07) is 0. The third kappa shape index (κ3) is 1.01. The second kappa shape index (κ2) is 2.94. The Morgan fingerprint density at radius 3 is 1.93 bits per heavy atom. The highest BCUT2D eigenvalue weighted by atomic mass is 16.2. The third-order valence-corrected chi connectivity index (χ3v) is 4.17. The standard InChI is InChI=1S/C12H15NO2/c1-2-13-11(14)9-7-3-4-8(6-5-7)10(9)12(13)15/h3-4,7-10H,2,5-6H2,1H3/t7?,8?,9-,10+. The summed E-state index contributed by atoms with van der Waals surface area (Å²) in [7, 11) is 0. The summed E-state index contributed by atoms with van der Waals surface area (Å²) in [6.45, 7) is 2.41. The molecule has 3 aliphatic carbocycles. The average Bonchev–Trinajstić information content (AvgIpc) is 2.55. The Kier molecular flexibility index (Phi) is 1.79. The van der Waals surface area contributed by atoms with Gasteiger partial charge in [0.15, 0.2) is 0 Å². The summed E-state index contributed by atoms with van der Waals surface area (Å²) in [5.74, 6) is 0.751. The predicted octanol–water partition coefficient (Wildman–Crippen LogP) is 1.20. The molecule has 4 atom stereocenters. The maximum atomic E-state index is 12.0. The first kappa shape index (κ1) is 9.13. The first-order valence-corrected chi connectivity index (χ1v) is 5.77. The third-order valence-electron chi connectivity index (χ3n) is 4.17. The van der Waals surface area contributed by atoms with Crippen LogP contribution >= 0.6 is 0 Å². The Hall–Kier alpha value is -1.12. The minimum atomic E-state index is -0.0267. The van der Waals surface area contributed by atoms with Crippen LogP contribution in [0.2, 0.25) is 0 Å². The van der Waals surface area contributed by atoms with Crippen LogP contribution in [0.5, 0.6) is 0 Å². The van der Waals surface area contributed by atoms with Crippen molar-refractivity contribution < 1.29 is 9.59 Å². The van der Waals surface area contributed by atoms with E-state index in [2.05, 4.69) is 12.2 Å². The maximum Gasteiger partial charge on any atom is 0.233 e. The molecule has 1 aliphatic heterocycles. The van der Waals surface area contributed by atoms with E-state index < -0.39 is 0 Å². The van der Waals surface area contributed by atoms with Crippen molar-refractivity contribution in [3.8, 4) is 0 Å². The van der Waals surface area contributed by atoms with Crippen LogP contribution in [0.1, 0.15) is 19.8 Å². The van der Waals surface area contributed by atoms with Gasteiger partial charge >= 0.3 is 0 Å². The molecule has 1 saturated heterocycles. The Balaban J connectivity index is 2.02. The van der Waals surface area contributed by atoms with E-state index >= 15 is 0 Å². The molecule has 0 N–H and O–H groups in total. The first-order valence-electron chi connectivity index (χ1n) is 5.77. The van der Waals surface area contributed by atoms with E-state index in [9.17, 15) is 9.59 Å². The molecule has 3 nitrogen and oxygen atoms in total. The van der Waals surface area contributed by atoms with E-state index in [0.717, 1.165) is 12.8 Å². The molecule has 0 aromatic rings. The van der Waals surface area contributed by atoms with Gasteiger partial charge in [-0.05, 0) is 31.6 Å². The van der Waals surface area contributed by atoms with Gasteiger partial charge in [0, 0.05) is 6.54 Å². The zero-order chi connectivity index (χ0) is 10.6. The lowest BCUT2D eigenvalue weighted by atomic mass is 9.63. The second-order valence-corrected chi connectivity index (χ2v) is 4.76. The van der Waals surface area contributed by atoms with Crippen LogP contribution in [0.15, 0.2) is 12.2 Å². The Morgan fingerprint density at radius 2 is 1.60 bits per heavy atom. The van der Waals surface area contributed by atoms with Gasteiger partial charge in [0.2, 0.25) is 11.8 Å². The summed E-state index contributed by atoms with van der Waals surface area (Å²) in [6.07, 6.45) is 6.47. The van der Waals surface area contributed by atoms with Crippen molar-refractivity contribution in [3.05, 3.63) is 12.2 Å². The number of rotatable bonds is 1. The highest BCUT2D eigenvalue weighted by Gasteiger charge is 2.55. The van der Waals surface area contributed by atoms with E-state index in [-0.39, 0.29) is 23.7 Å². The highest BCUT2D eigenvalue weighted by molar-refractivity contribution is 6.06. The Labute approximate surface area is 89.1 Å². The fourth-order valence-electron chi connectivity index (χ4n) is 3.45. The number of fused-ring (bicyclic) bond motifs is 1. The van der Waals surface area contributed by atoms with Crippen LogP contribution in [0.3, 0.4) is 0 Å². The molecular formula is C12H15NO2. The molecule has 1 heterocycles. The van der Waals surface area contributed by atoms with Gasteiger partial charge in [-0.25, -0.2) is 0 Å². The van der Waals surface area contributed by atoms with Crippen molar-refractivity contribution in [2.75, 3.05) is 6.54 Å².